The summed E-state index contributed by atoms with van der Waals surface area (Å²) in [5.41, 5.74) is 4.79. The first-order valence-electron chi connectivity index (χ1n) is 10.8. The van der Waals surface area contributed by atoms with E-state index in [0.29, 0.717) is 29.2 Å². The van der Waals surface area contributed by atoms with Crippen LogP contribution in [0.3, 0.4) is 0 Å². The zero-order valence-corrected chi connectivity index (χ0v) is 19.2. The fraction of sp³-hybridized carbons (Fsp3) is 0.280. The minimum atomic E-state index is -0.311. The molecule has 7 heteroatoms. The van der Waals surface area contributed by atoms with Crippen LogP contribution in [0.15, 0.2) is 48.5 Å². The van der Waals surface area contributed by atoms with Gasteiger partial charge in [-0.3, -0.25) is 9.48 Å². The molecule has 1 aliphatic rings. The molecule has 1 aliphatic heterocycles. The third kappa shape index (κ3) is 3.56. The predicted octanol–water partition coefficient (Wildman–Crippen LogP) is 5.02. The van der Waals surface area contributed by atoms with Gasteiger partial charge in [-0.1, -0.05) is 24.3 Å². The maximum Gasteiger partial charge on any atom is 0.264 e. The molecule has 1 fully saturated rings. The number of hydrogen-bond acceptors (Lipinski definition) is 4. The molecule has 0 bridgehead atoms. The number of amides is 1. The van der Waals surface area contributed by atoms with Gasteiger partial charge in [0.2, 0.25) is 0 Å². The molecule has 0 N–H and O–H groups in total. The Balaban J connectivity index is 1.37. The largest absolute Gasteiger partial charge is 0.368 e. The van der Waals surface area contributed by atoms with Crippen molar-refractivity contribution in [2.45, 2.75) is 13.8 Å². The molecule has 0 spiro atoms. The number of nitrogens with zero attached hydrogens (tertiary/aromatic N) is 4. The second kappa shape index (κ2) is 8.06. The Bertz CT molecular complexity index is 1320. The topological polar surface area (TPSA) is 41.4 Å². The molecular formula is C25H25FN4OS. The molecule has 0 aliphatic carbocycles. The van der Waals surface area contributed by atoms with Crippen LogP contribution in [0.25, 0.3) is 21.5 Å². The third-order valence-electron chi connectivity index (χ3n) is 6.12. The van der Waals surface area contributed by atoms with Gasteiger partial charge >= 0.3 is 0 Å². The van der Waals surface area contributed by atoms with Gasteiger partial charge in [0.1, 0.15) is 16.3 Å². The molecule has 4 aromatic rings. The first-order chi connectivity index (χ1) is 15.4. The van der Waals surface area contributed by atoms with E-state index in [9.17, 15) is 9.18 Å². The van der Waals surface area contributed by atoms with Gasteiger partial charge in [0.05, 0.1) is 4.88 Å². The van der Waals surface area contributed by atoms with Crippen molar-refractivity contribution >= 4 is 33.1 Å². The van der Waals surface area contributed by atoms with Gasteiger partial charge < -0.3 is 9.80 Å². The molecule has 2 aromatic carbocycles. The number of benzene rings is 2. The van der Waals surface area contributed by atoms with E-state index in [4.69, 9.17) is 0 Å². The third-order valence-corrected chi connectivity index (χ3v) is 7.31. The van der Waals surface area contributed by atoms with Gasteiger partial charge in [-0.2, -0.15) is 5.10 Å². The fourth-order valence-corrected chi connectivity index (χ4v) is 5.40. The van der Waals surface area contributed by atoms with E-state index in [-0.39, 0.29) is 11.7 Å². The number of carbonyl (C=O) groups is 1. The Morgan fingerprint density at radius 3 is 2.53 bits per heavy atom. The highest BCUT2D eigenvalue weighted by atomic mass is 32.1. The lowest BCUT2D eigenvalue weighted by Crippen LogP contribution is -2.48. The normalized spacial score (nSPS) is 14.4. The van der Waals surface area contributed by atoms with Crippen LogP contribution in [0.5, 0.6) is 0 Å². The monoisotopic (exact) mass is 448 g/mol. The summed E-state index contributed by atoms with van der Waals surface area (Å²) in [7, 11) is 1.83. The molecule has 5 rings (SSSR count). The zero-order valence-electron chi connectivity index (χ0n) is 18.4. The average Bonchev–Trinajstić information content (AvgIpc) is 3.36. The van der Waals surface area contributed by atoms with E-state index < -0.39 is 0 Å². The SMILES string of the molecule is Cc1ccc(C)c(N2CCN(C(=O)c3cc4c(-c5ccccc5F)nn(C)c4s3)CC2)c1. The summed E-state index contributed by atoms with van der Waals surface area (Å²) in [6.07, 6.45) is 0. The quantitative estimate of drug-likeness (QED) is 0.442. The van der Waals surface area contributed by atoms with Crippen molar-refractivity contribution in [2.75, 3.05) is 31.1 Å². The Labute approximate surface area is 190 Å². The van der Waals surface area contributed by atoms with Crippen LogP contribution in [0, 0.1) is 19.7 Å². The van der Waals surface area contributed by atoms with Gasteiger partial charge in [0.15, 0.2) is 0 Å². The fourth-order valence-electron chi connectivity index (χ4n) is 4.36. The summed E-state index contributed by atoms with van der Waals surface area (Å²) in [5, 5.41) is 5.33. The summed E-state index contributed by atoms with van der Waals surface area (Å²) in [4.78, 5) is 19.1. The highest BCUT2D eigenvalue weighted by Crippen LogP contribution is 2.35. The van der Waals surface area contributed by atoms with Crippen LogP contribution in [0.1, 0.15) is 20.8 Å². The van der Waals surface area contributed by atoms with Crippen molar-refractivity contribution in [3.05, 3.63) is 70.4 Å². The number of fused-ring (bicyclic) bond motifs is 1. The van der Waals surface area contributed by atoms with Crippen LogP contribution >= 0.6 is 11.3 Å². The first-order valence-corrected chi connectivity index (χ1v) is 11.6. The average molecular weight is 449 g/mol. The minimum Gasteiger partial charge on any atom is -0.368 e. The molecule has 32 heavy (non-hydrogen) atoms. The summed E-state index contributed by atoms with van der Waals surface area (Å²) in [6.45, 7) is 7.21. The van der Waals surface area contributed by atoms with Crippen LogP contribution in [0.4, 0.5) is 10.1 Å². The Kier molecular flexibility index (Phi) is 5.21. The highest BCUT2D eigenvalue weighted by molar-refractivity contribution is 7.20. The van der Waals surface area contributed by atoms with Crippen LogP contribution in [0.2, 0.25) is 0 Å². The first kappa shape index (κ1) is 20.7. The van der Waals surface area contributed by atoms with Gasteiger partial charge in [-0.25, -0.2) is 4.39 Å². The zero-order chi connectivity index (χ0) is 22.4. The molecule has 0 saturated carbocycles. The molecule has 5 nitrogen and oxygen atoms in total. The molecule has 1 saturated heterocycles. The van der Waals surface area contributed by atoms with E-state index >= 15 is 0 Å². The maximum atomic E-state index is 14.4. The van der Waals surface area contributed by atoms with Crippen molar-refractivity contribution < 1.29 is 9.18 Å². The van der Waals surface area contributed by atoms with E-state index in [1.165, 1.54) is 34.2 Å². The lowest BCUT2D eigenvalue weighted by atomic mass is 10.1. The van der Waals surface area contributed by atoms with Crippen LogP contribution in [-0.4, -0.2) is 46.8 Å². The number of anilines is 1. The molecule has 164 valence electrons. The van der Waals surface area contributed by atoms with E-state index in [2.05, 4.69) is 42.0 Å². The summed E-state index contributed by atoms with van der Waals surface area (Å²) in [6, 6.07) is 15.0. The van der Waals surface area contributed by atoms with Crippen molar-refractivity contribution in [1.82, 2.24) is 14.7 Å². The molecule has 1 amide bonds. The Morgan fingerprint density at radius 1 is 1.03 bits per heavy atom. The minimum absolute atomic E-state index is 0.0336. The summed E-state index contributed by atoms with van der Waals surface area (Å²) >= 11 is 1.42. The number of thiophene rings is 1. The lowest BCUT2D eigenvalue weighted by molar-refractivity contribution is 0.0751. The predicted molar refractivity (Wildman–Crippen MR) is 128 cm³/mol. The molecule has 0 atom stereocenters. The number of halogens is 1. The van der Waals surface area contributed by atoms with Crippen molar-refractivity contribution in [3.63, 3.8) is 0 Å². The second-order valence-electron chi connectivity index (χ2n) is 8.35. The van der Waals surface area contributed by atoms with E-state index in [1.54, 1.807) is 22.9 Å². The van der Waals surface area contributed by atoms with Crippen molar-refractivity contribution in [2.24, 2.45) is 7.05 Å². The number of rotatable bonds is 3. The standard InChI is InChI=1S/C25H25FN4OS/c1-16-8-9-17(2)21(14-16)29-10-12-30(13-11-29)24(31)22-15-19-23(27-28(3)25(19)32-22)18-6-4-5-7-20(18)26/h4-9,14-15H,10-13H2,1-3H3. The highest BCUT2D eigenvalue weighted by Gasteiger charge is 2.26. The second-order valence-corrected chi connectivity index (χ2v) is 9.38. The smallest absolute Gasteiger partial charge is 0.264 e. The van der Waals surface area contributed by atoms with Crippen LogP contribution in [-0.2, 0) is 7.05 Å². The number of carbonyl (C=O) groups excluding carboxylic acids is 1. The molecular weight excluding hydrogens is 423 g/mol. The van der Waals surface area contributed by atoms with Gasteiger partial charge in [-0.05, 0) is 49.2 Å². The van der Waals surface area contributed by atoms with E-state index in [0.717, 1.165) is 23.3 Å². The molecule has 3 heterocycles. The van der Waals surface area contributed by atoms with Gasteiger partial charge in [-0.15, -0.1) is 11.3 Å². The Hall–Kier alpha value is -3.19. The molecule has 0 radical (unpaired) electrons. The van der Waals surface area contributed by atoms with Crippen molar-refractivity contribution in [3.8, 4) is 11.3 Å². The van der Waals surface area contributed by atoms with Crippen LogP contribution < -0.4 is 4.90 Å². The number of hydrogen-bond donors (Lipinski definition) is 0. The summed E-state index contributed by atoms with van der Waals surface area (Å²) in [5.74, 6) is -0.277. The van der Waals surface area contributed by atoms with Crippen molar-refractivity contribution in [1.29, 1.82) is 0 Å². The van der Waals surface area contributed by atoms with Gasteiger partial charge in [0.25, 0.3) is 5.91 Å². The van der Waals surface area contributed by atoms with Gasteiger partial charge in [0, 0.05) is 49.9 Å². The number of piperazine rings is 1. The number of aryl methyl sites for hydroxylation is 3. The Morgan fingerprint density at radius 2 is 1.78 bits per heavy atom. The lowest BCUT2D eigenvalue weighted by Gasteiger charge is -2.36. The van der Waals surface area contributed by atoms with E-state index in [1.807, 2.05) is 18.0 Å². The number of aromatic nitrogens is 2. The summed E-state index contributed by atoms with van der Waals surface area (Å²) < 4.78 is 16.1. The maximum absolute atomic E-state index is 14.4. The molecule has 0 unspecified atom stereocenters. The molecule has 2 aromatic heterocycles.